The third-order valence-corrected chi connectivity index (χ3v) is 5.98. The molecule has 0 N–H and O–H groups in total. The third kappa shape index (κ3) is 4.18. The first-order valence-corrected chi connectivity index (χ1v) is 10.2. The summed E-state index contributed by atoms with van der Waals surface area (Å²) in [6, 6.07) is 10.9. The van der Waals surface area contributed by atoms with E-state index >= 15 is 0 Å². The predicted octanol–water partition coefficient (Wildman–Crippen LogP) is 3.94. The van der Waals surface area contributed by atoms with Gasteiger partial charge in [0.2, 0.25) is 0 Å². The normalized spacial score (nSPS) is 27.0. The molecule has 0 saturated carbocycles. The van der Waals surface area contributed by atoms with Crippen molar-refractivity contribution in [3.05, 3.63) is 53.9 Å². The van der Waals surface area contributed by atoms with Gasteiger partial charge in [-0.3, -0.25) is 4.68 Å². The van der Waals surface area contributed by atoms with Crippen LogP contribution in [-0.2, 0) is 17.7 Å². The Bertz CT molecular complexity index is 684. The van der Waals surface area contributed by atoms with Crippen LogP contribution in [0.1, 0.15) is 43.4 Å². The van der Waals surface area contributed by atoms with Crippen molar-refractivity contribution in [2.24, 2.45) is 11.8 Å². The Kier molecular flexibility index (Phi) is 5.71. The fourth-order valence-electron chi connectivity index (χ4n) is 4.62. The van der Waals surface area contributed by atoms with Crippen LogP contribution in [-0.4, -0.2) is 40.9 Å². The van der Waals surface area contributed by atoms with E-state index in [2.05, 4.69) is 53.5 Å². The first kappa shape index (κ1) is 17.7. The van der Waals surface area contributed by atoms with Gasteiger partial charge in [0.25, 0.3) is 0 Å². The van der Waals surface area contributed by atoms with Gasteiger partial charge in [-0.1, -0.05) is 30.3 Å². The molecule has 140 valence electrons. The fraction of sp³-hybridized carbons (Fsp3) is 0.591. The molecule has 2 aliphatic rings. The molecule has 1 unspecified atom stereocenters. The maximum Gasteiger partial charge on any atom is 0.0895 e. The molecular weight excluding hydrogens is 322 g/mol. The standard InChI is InChI=1S/C22H31N3O/c1-2-25-17-21(14-23-25)22-20(9-6-12-26-22)16-24-11-10-19(15-24)13-18-7-4-3-5-8-18/h3-5,7-8,14,17,19-20,22H,2,6,9-13,15-16H2,1H3/t19?,20-,22+/m0/s1. The molecule has 3 heterocycles. The van der Waals surface area contributed by atoms with Crippen molar-refractivity contribution in [1.29, 1.82) is 0 Å². The van der Waals surface area contributed by atoms with Crippen LogP contribution in [0.4, 0.5) is 0 Å². The molecule has 4 nitrogen and oxygen atoms in total. The Hall–Kier alpha value is -1.65. The largest absolute Gasteiger partial charge is 0.373 e. The molecule has 26 heavy (non-hydrogen) atoms. The minimum absolute atomic E-state index is 0.220. The average Bonchev–Trinajstić information content (AvgIpc) is 3.33. The summed E-state index contributed by atoms with van der Waals surface area (Å²) in [4.78, 5) is 2.67. The highest BCUT2D eigenvalue weighted by Gasteiger charge is 2.32. The highest BCUT2D eigenvalue weighted by atomic mass is 16.5. The number of hydrogen-bond donors (Lipinski definition) is 0. The molecule has 2 aliphatic heterocycles. The number of nitrogens with zero attached hydrogens (tertiary/aromatic N) is 3. The Balaban J connectivity index is 1.35. The Labute approximate surface area is 157 Å². The molecule has 2 fully saturated rings. The van der Waals surface area contributed by atoms with E-state index in [4.69, 9.17) is 4.74 Å². The van der Waals surface area contributed by atoms with Crippen LogP contribution < -0.4 is 0 Å². The van der Waals surface area contributed by atoms with Gasteiger partial charge >= 0.3 is 0 Å². The number of aromatic nitrogens is 2. The van der Waals surface area contributed by atoms with Crippen molar-refractivity contribution in [1.82, 2.24) is 14.7 Å². The molecule has 1 aromatic heterocycles. The predicted molar refractivity (Wildman–Crippen MR) is 104 cm³/mol. The van der Waals surface area contributed by atoms with Crippen molar-refractivity contribution in [3.8, 4) is 0 Å². The molecule has 0 radical (unpaired) electrons. The summed E-state index contributed by atoms with van der Waals surface area (Å²) in [7, 11) is 0. The number of likely N-dealkylation sites (tertiary alicyclic amines) is 1. The van der Waals surface area contributed by atoms with Crippen LogP contribution >= 0.6 is 0 Å². The van der Waals surface area contributed by atoms with Crippen LogP contribution in [0.5, 0.6) is 0 Å². The van der Waals surface area contributed by atoms with Crippen molar-refractivity contribution < 1.29 is 4.74 Å². The lowest BCUT2D eigenvalue weighted by atomic mass is 9.90. The minimum atomic E-state index is 0.220. The zero-order valence-corrected chi connectivity index (χ0v) is 15.9. The second-order valence-corrected chi connectivity index (χ2v) is 7.93. The van der Waals surface area contributed by atoms with E-state index in [-0.39, 0.29) is 6.10 Å². The lowest BCUT2D eigenvalue weighted by Gasteiger charge is -2.34. The Morgan fingerprint density at radius 3 is 2.88 bits per heavy atom. The lowest BCUT2D eigenvalue weighted by molar-refractivity contribution is -0.0375. The van der Waals surface area contributed by atoms with Crippen LogP contribution in [0.2, 0.25) is 0 Å². The van der Waals surface area contributed by atoms with Gasteiger partial charge in [0, 0.05) is 43.9 Å². The fourth-order valence-corrected chi connectivity index (χ4v) is 4.62. The summed E-state index contributed by atoms with van der Waals surface area (Å²) in [5, 5.41) is 4.46. The molecule has 0 spiro atoms. The SMILES string of the molecule is CCn1cc([C@@H]2OCCC[C@H]2CN2CCC(Cc3ccccc3)C2)cn1. The number of hydrogen-bond acceptors (Lipinski definition) is 3. The summed E-state index contributed by atoms with van der Waals surface area (Å²) in [6.07, 6.45) is 9.38. The number of rotatable bonds is 6. The van der Waals surface area contributed by atoms with E-state index in [1.165, 1.54) is 49.9 Å². The summed E-state index contributed by atoms with van der Waals surface area (Å²) in [6.45, 7) is 7.56. The zero-order chi connectivity index (χ0) is 17.8. The minimum Gasteiger partial charge on any atom is -0.373 e. The van der Waals surface area contributed by atoms with E-state index in [9.17, 15) is 0 Å². The quantitative estimate of drug-likeness (QED) is 0.788. The number of ether oxygens (including phenoxy) is 1. The highest BCUT2D eigenvalue weighted by Crippen LogP contribution is 2.35. The van der Waals surface area contributed by atoms with Gasteiger partial charge in [-0.05, 0) is 50.6 Å². The second kappa shape index (κ2) is 8.36. The van der Waals surface area contributed by atoms with Gasteiger partial charge in [-0.2, -0.15) is 5.10 Å². The molecule has 0 aliphatic carbocycles. The first-order valence-electron chi connectivity index (χ1n) is 10.2. The lowest BCUT2D eigenvalue weighted by Crippen LogP contribution is -2.34. The average molecular weight is 354 g/mol. The molecule has 2 aromatic rings. The first-order chi connectivity index (χ1) is 12.8. The molecule has 0 amide bonds. The van der Waals surface area contributed by atoms with Crippen LogP contribution in [0.25, 0.3) is 0 Å². The molecule has 0 bridgehead atoms. The molecular formula is C22H31N3O. The van der Waals surface area contributed by atoms with Gasteiger partial charge in [0.05, 0.1) is 12.3 Å². The van der Waals surface area contributed by atoms with Crippen molar-refractivity contribution in [2.75, 3.05) is 26.2 Å². The molecule has 4 heteroatoms. The van der Waals surface area contributed by atoms with Gasteiger partial charge in [-0.25, -0.2) is 0 Å². The number of aryl methyl sites for hydroxylation is 1. The zero-order valence-electron chi connectivity index (χ0n) is 15.9. The highest BCUT2D eigenvalue weighted by molar-refractivity contribution is 5.15. The number of benzene rings is 1. The maximum atomic E-state index is 6.19. The van der Waals surface area contributed by atoms with Crippen molar-refractivity contribution in [2.45, 2.75) is 45.3 Å². The summed E-state index contributed by atoms with van der Waals surface area (Å²) in [5.41, 5.74) is 2.74. The summed E-state index contributed by atoms with van der Waals surface area (Å²) < 4.78 is 8.20. The van der Waals surface area contributed by atoms with Crippen molar-refractivity contribution in [3.63, 3.8) is 0 Å². The molecule has 1 aromatic carbocycles. The van der Waals surface area contributed by atoms with Crippen molar-refractivity contribution >= 4 is 0 Å². The van der Waals surface area contributed by atoms with Gasteiger partial charge in [0.15, 0.2) is 0 Å². The van der Waals surface area contributed by atoms with E-state index in [1.807, 2.05) is 10.9 Å². The van der Waals surface area contributed by atoms with Gasteiger partial charge in [0.1, 0.15) is 0 Å². The van der Waals surface area contributed by atoms with Crippen LogP contribution in [0.15, 0.2) is 42.7 Å². The monoisotopic (exact) mass is 353 g/mol. The van der Waals surface area contributed by atoms with E-state index < -0.39 is 0 Å². The summed E-state index contributed by atoms with van der Waals surface area (Å²) in [5.74, 6) is 1.39. The maximum absolute atomic E-state index is 6.19. The van der Waals surface area contributed by atoms with Gasteiger partial charge in [-0.15, -0.1) is 0 Å². The van der Waals surface area contributed by atoms with Crippen LogP contribution in [0.3, 0.4) is 0 Å². The Morgan fingerprint density at radius 1 is 1.19 bits per heavy atom. The Morgan fingerprint density at radius 2 is 2.08 bits per heavy atom. The molecule has 4 rings (SSSR count). The molecule has 2 saturated heterocycles. The van der Waals surface area contributed by atoms with E-state index in [0.29, 0.717) is 5.92 Å². The van der Waals surface area contributed by atoms with Crippen LogP contribution in [0, 0.1) is 11.8 Å². The van der Waals surface area contributed by atoms with Gasteiger partial charge < -0.3 is 9.64 Å². The smallest absolute Gasteiger partial charge is 0.0895 e. The summed E-state index contributed by atoms with van der Waals surface area (Å²) >= 11 is 0. The third-order valence-electron chi connectivity index (χ3n) is 5.98. The molecule has 3 atom stereocenters. The topological polar surface area (TPSA) is 30.3 Å². The van der Waals surface area contributed by atoms with E-state index in [1.54, 1.807) is 0 Å². The second-order valence-electron chi connectivity index (χ2n) is 7.93. The van der Waals surface area contributed by atoms with E-state index in [0.717, 1.165) is 25.6 Å².